The molecule has 126 valence electrons. The molecule has 23 heavy (non-hydrogen) atoms. The smallest absolute Gasteiger partial charge is 0.333 e. The predicted octanol–water partition coefficient (Wildman–Crippen LogP) is 5.69. The maximum atomic E-state index is 13.0. The highest BCUT2D eigenvalue weighted by Crippen LogP contribution is 2.18. The molecule has 0 N–H and O–H groups in total. The van der Waals surface area contributed by atoms with Gasteiger partial charge in [-0.2, -0.15) is 0 Å². The van der Waals surface area contributed by atoms with Gasteiger partial charge in [0, 0.05) is 5.57 Å². The third-order valence-corrected chi connectivity index (χ3v) is 3.54. The molecule has 0 bridgehead atoms. The van der Waals surface area contributed by atoms with Gasteiger partial charge in [0.05, 0.1) is 6.61 Å². The Kier molecular flexibility index (Phi) is 8.96. The van der Waals surface area contributed by atoms with Crippen LogP contribution in [0.4, 0.5) is 4.39 Å². The van der Waals surface area contributed by atoms with Crippen LogP contribution in [-0.4, -0.2) is 12.6 Å². The second kappa shape index (κ2) is 10.8. The molecule has 1 aromatic rings. The Morgan fingerprint density at radius 1 is 1.13 bits per heavy atom. The number of carbonyl (C=O) groups excluding carboxylic acids is 1. The van der Waals surface area contributed by atoms with E-state index in [0.29, 0.717) is 12.2 Å². The van der Waals surface area contributed by atoms with Crippen molar-refractivity contribution < 1.29 is 13.9 Å². The van der Waals surface area contributed by atoms with Gasteiger partial charge in [-0.05, 0) is 56.0 Å². The molecule has 0 unspecified atom stereocenters. The summed E-state index contributed by atoms with van der Waals surface area (Å²) >= 11 is 0. The van der Waals surface area contributed by atoms with E-state index < -0.39 is 0 Å². The summed E-state index contributed by atoms with van der Waals surface area (Å²) in [6, 6.07) is 6.38. The van der Waals surface area contributed by atoms with Gasteiger partial charge >= 0.3 is 5.97 Å². The average Bonchev–Trinajstić information content (AvgIpc) is 2.53. The summed E-state index contributed by atoms with van der Waals surface area (Å²) in [5.41, 5.74) is 2.60. The molecule has 3 heteroatoms. The summed E-state index contributed by atoms with van der Waals surface area (Å²) in [5.74, 6) is -0.532. The number of carbonyl (C=O) groups is 1. The van der Waals surface area contributed by atoms with Gasteiger partial charge in [-0.3, -0.25) is 0 Å². The summed E-state index contributed by atoms with van der Waals surface area (Å²) in [4.78, 5) is 11.8. The van der Waals surface area contributed by atoms with Crippen molar-refractivity contribution in [2.24, 2.45) is 0 Å². The lowest BCUT2D eigenvalue weighted by Gasteiger charge is -2.06. The Labute approximate surface area is 139 Å². The highest BCUT2D eigenvalue weighted by atomic mass is 19.1. The van der Waals surface area contributed by atoms with E-state index in [0.717, 1.165) is 24.0 Å². The Bertz CT molecular complexity index is 541. The monoisotopic (exact) mass is 318 g/mol. The second-order valence-electron chi connectivity index (χ2n) is 5.63. The van der Waals surface area contributed by atoms with Crippen molar-refractivity contribution in [3.63, 3.8) is 0 Å². The van der Waals surface area contributed by atoms with E-state index in [4.69, 9.17) is 4.74 Å². The van der Waals surface area contributed by atoms with Crippen LogP contribution in [0.1, 0.15) is 58.4 Å². The van der Waals surface area contributed by atoms with Crippen LogP contribution in [-0.2, 0) is 9.53 Å². The van der Waals surface area contributed by atoms with Crippen molar-refractivity contribution in [1.29, 1.82) is 0 Å². The summed E-state index contributed by atoms with van der Waals surface area (Å²) in [7, 11) is 0. The number of allylic oxidation sites excluding steroid dienone is 2. The zero-order valence-electron chi connectivity index (χ0n) is 14.4. The first-order valence-electron chi connectivity index (χ1n) is 8.38. The van der Waals surface area contributed by atoms with Crippen LogP contribution < -0.4 is 0 Å². The van der Waals surface area contributed by atoms with E-state index in [-0.39, 0.29) is 11.8 Å². The fourth-order valence-electron chi connectivity index (χ4n) is 2.30. The number of halogens is 1. The fraction of sp³-hybridized carbons (Fsp3) is 0.450. The van der Waals surface area contributed by atoms with Gasteiger partial charge in [-0.1, -0.05) is 44.4 Å². The lowest BCUT2D eigenvalue weighted by molar-refractivity contribution is -0.138. The van der Waals surface area contributed by atoms with E-state index in [1.54, 1.807) is 26.0 Å². The molecule has 0 heterocycles. The number of rotatable bonds is 9. The summed E-state index contributed by atoms with van der Waals surface area (Å²) in [5, 5.41) is 0. The molecular weight excluding hydrogens is 291 g/mol. The molecule has 0 saturated carbocycles. The lowest BCUT2D eigenvalue weighted by atomic mass is 10.0. The van der Waals surface area contributed by atoms with Crippen molar-refractivity contribution >= 4 is 12.0 Å². The van der Waals surface area contributed by atoms with Crippen molar-refractivity contribution in [3.8, 4) is 0 Å². The molecule has 0 amide bonds. The molecule has 1 aromatic carbocycles. The van der Waals surface area contributed by atoms with Crippen LogP contribution >= 0.6 is 0 Å². The van der Waals surface area contributed by atoms with Gasteiger partial charge in [-0.15, -0.1) is 0 Å². The maximum absolute atomic E-state index is 13.0. The molecule has 0 aliphatic rings. The molecule has 0 spiro atoms. The van der Waals surface area contributed by atoms with Gasteiger partial charge in [0.1, 0.15) is 5.82 Å². The number of esters is 1. The molecule has 0 atom stereocenters. The number of ether oxygens (including phenoxy) is 1. The first-order chi connectivity index (χ1) is 11.1. The maximum Gasteiger partial charge on any atom is 0.333 e. The molecule has 0 fully saturated rings. The van der Waals surface area contributed by atoms with Crippen LogP contribution in [0.3, 0.4) is 0 Å². The number of hydrogen-bond donors (Lipinski definition) is 0. The first-order valence-corrected chi connectivity index (χ1v) is 8.38. The Balaban J connectivity index is 2.89. The van der Waals surface area contributed by atoms with Crippen LogP contribution in [0.15, 0.2) is 41.5 Å². The van der Waals surface area contributed by atoms with Gasteiger partial charge in [0.15, 0.2) is 0 Å². The second-order valence-corrected chi connectivity index (χ2v) is 5.63. The van der Waals surface area contributed by atoms with Gasteiger partial charge in [0.25, 0.3) is 0 Å². The number of benzene rings is 1. The fourth-order valence-corrected chi connectivity index (χ4v) is 2.30. The molecule has 1 rings (SSSR count). The number of unbranched alkanes of at least 4 members (excludes halogenated alkanes) is 3. The molecule has 0 aliphatic heterocycles. The zero-order valence-corrected chi connectivity index (χ0v) is 14.4. The van der Waals surface area contributed by atoms with Gasteiger partial charge in [0.2, 0.25) is 0 Å². The van der Waals surface area contributed by atoms with Crippen LogP contribution in [0.2, 0.25) is 0 Å². The van der Waals surface area contributed by atoms with E-state index in [2.05, 4.69) is 6.92 Å². The number of hydrogen-bond acceptors (Lipinski definition) is 2. The lowest BCUT2D eigenvalue weighted by Crippen LogP contribution is -2.05. The van der Waals surface area contributed by atoms with E-state index in [1.807, 2.05) is 12.2 Å². The molecule has 0 saturated heterocycles. The molecule has 0 aliphatic carbocycles. The standard InChI is InChI=1S/C20H27FO2/c1-4-6-7-8-9-18(14-16(3)20(22)23-5-2)15-17-10-12-19(21)13-11-17/h10-15H,4-9H2,1-3H3/b16-14+,18-15+. The Hall–Kier alpha value is -1.90. The largest absolute Gasteiger partial charge is 0.463 e. The summed E-state index contributed by atoms with van der Waals surface area (Å²) in [6.45, 7) is 6.12. The summed E-state index contributed by atoms with van der Waals surface area (Å²) in [6.07, 6.45) is 9.44. The Morgan fingerprint density at radius 3 is 2.43 bits per heavy atom. The van der Waals surface area contributed by atoms with E-state index >= 15 is 0 Å². The summed E-state index contributed by atoms with van der Waals surface area (Å²) < 4.78 is 18.0. The molecule has 0 aromatic heterocycles. The van der Waals surface area contributed by atoms with E-state index in [1.165, 1.54) is 31.4 Å². The normalized spacial score (nSPS) is 12.3. The van der Waals surface area contributed by atoms with E-state index in [9.17, 15) is 9.18 Å². The van der Waals surface area contributed by atoms with Gasteiger partial charge < -0.3 is 4.74 Å². The minimum absolute atomic E-state index is 0.245. The van der Waals surface area contributed by atoms with Crippen LogP contribution in [0.5, 0.6) is 0 Å². The first kappa shape index (κ1) is 19.1. The SMILES string of the molecule is CCCCCCC(=C\c1ccc(F)cc1)/C=C(\C)C(=O)OCC. The van der Waals surface area contributed by atoms with Crippen molar-refractivity contribution in [2.45, 2.75) is 52.9 Å². The molecular formula is C20H27FO2. The minimum Gasteiger partial charge on any atom is -0.463 e. The van der Waals surface area contributed by atoms with Crippen molar-refractivity contribution in [1.82, 2.24) is 0 Å². The average molecular weight is 318 g/mol. The third kappa shape index (κ3) is 7.78. The predicted molar refractivity (Wildman–Crippen MR) is 93.5 cm³/mol. The molecule has 0 radical (unpaired) electrons. The minimum atomic E-state index is -0.286. The van der Waals surface area contributed by atoms with Crippen molar-refractivity contribution in [2.75, 3.05) is 6.61 Å². The van der Waals surface area contributed by atoms with Crippen LogP contribution in [0.25, 0.3) is 6.08 Å². The quantitative estimate of drug-likeness (QED) is 0.253. The third-order valence-electron chi connectivity index (χ3n) is 3.54. The molecule has 2 nitrogen and oxygen atoms in total. The van der Waals surface area contributed by atoms with Crippen molar-refractivity contribution in [3.05, 3.63) is 52.9 Å². The Morgan fingerprint density at radius 2 is 1.83 bits per heavy atom. The topological polar surface area (TPSA) is 26.3 Å². The highest BCUT2D eigenvalue weighted by Gasteiger charge is 2.06. The highest BCUT2D eigenvalue weighted by molar-refractivity contribution is 5.88. The van der Waals surface area contributed by atoms with Crippen LogP contribution in [0, 0.1) is 5.82 Å². The van der Waals surface area contributed by atoms with Gasteiger partial charge in [-0.25, -0.2) is 9.18 Å². The zero-order chi connectivity index (χ0) is 17.1.